The lowest BCUT2D eigenvalue weighted by Gasteiger charge is -2.05. The van der Waals surface area contributed by atoms with Gasteiger partial charge in [0.2, 0.25) is 10.0 Å². The molecule has 0 fully saturated rings. The van der Waals surface area contributed by atoms with Gasteiger partial charge in [0.1, 0.15) is 0 Å². The highest BCUT2D eigenvalue weighted by Gasteiger charge is 2.13. The fourth-order valence-corrected chi connectivity index (χ4v) is 0.981. The van der Waals surface area contributed by atoms with Crippen molar-refractivity contribution in [3.63, 3.8) is 0 Å². The number of allylic oxidation sites excluding steroid dienone is 1. The molecule has 1 atom stereocenters. The summed E-state index contributed by atoms with van der Waals surface area (Å²) in [6.07, 6.45) is 2.93. The van der Waals surface area contributed by atoms with Crippen molar-refractivity contribution in [1.29, 1.82) is 0 Å². The van der Waals surface area contributed by atoms with E-state index >= 15 is 0 Å². The molecule has 0 spiro atoms. The molecule has 0 aliphatic rings. The van der Waals surface area contributed by atoms with Gasteiger partial charge in [-0.25, -0.2) is 13.6 Å². The summed E-state index contributed by atoms with van der Waals surface area (Å²) in [5.74, 6) is 0. The van der Waals surface area contributed by atoms with Crippen LogP contribution in [0.3, 0.4) is 0 Å². The Morgan fingerprint density at radius 1 is 1.70 bits per heavy atom. The van der Waals surface area contributed by atoms with Crippen LogP contribution in [0.15, 0.2) is 12.7 Å². The van der Waals surface area contributed by atoms with Crippen LogP contribution < -0.4 is 5.14 Å². The Morgan fingerprint density at radius 2 is 2.20 bits per heavy atom. The van der Waals surface area contributed by atoms with Gasteiger partial charge in [-0.15, -0.1) is 6.58 Å². The van der Waals surface area contributed by atoms with Gasteiger partial charge in [0.05, 0.1) is 5.25 Å². The molecule has 4 heteroatoms. The number of rotatable bonds is 4. The van der Waals surface area contributed by atoms with Crippen LogP contribution in [0.2, 0.25) is 0 Å². The van der Waals surface area contributed by atoms with Gasteiger partial charge in [0.25, 0.3) is 0 Å². The SMILES string of the molecule is C=CCCC(C)S(N)(=O)=O. The molecule has 60 valence electrons. The number of nitrogens with two attached hydrogens (primary N) is 1. The minimum atomic E-state index is -3.32. The van der Waals surface area contributed by atoms with Gasteiger partial charge in [-0.3, -0.25) is 0 Å². The Bertz CT molecular complexity index is 196. The lowest BCUT2D eigenvalue weighted by molar-refractivity contribution is 0.580. The third-order valence-electron chi connectivity index (χ3n) is 1.34. The first-order chi connectivity index (χ1) is 4.48. The molecule has 0 heterocycles. The van der Waals surface area contributed by atoms with Crippen molar-refractivity contribution in [2.24, 2.45) is 5.14 Å². The highest BCUT2D eigenvalue weighted by atomic mass is 32.2. The van der Waals surface area contributed by atoms with Crippen molar-refractivity contribution in [1.82, 2.24) is 0 Å². The van der Waals surface area contributed by atoms with E-state index in [1.165, 1.54) is 0 Å². The molecular weight excluding hydrogens is 150 g/mol. The highest BCUT2D eigenvalue weighted by molar-refractivity contribution is 7.89. The molecule has 0 aromatic heterocycles. The summed E-state index contributed by atoms with van der Waals surface area (Å²) in [6.45, 7) is 5.08. The number of hydrogen-bond acceptors (Lipinski definition) is 2. The van der Waals surface area contributed by atoms with E-state index in [9.17, 15) is 8.42 Å². The second-order valence-corrected chi connectivity index (χ2v) is 4.25. The monoisotopic (exact) mass is 163 g/mol. The molecule has 0 rings (SSSR count). The van der Waals surface area contributed by atoms with Gasteiger partial charge in [-0.2, -0.15) is 0 Å². The molecule has 3 nitrogen and oxygen atoms in total. The van der Waals surface area contributed by atoms with Crippen molar-refractivity contribution < 1.29 is 8.42 Å². The van der Waals surface area contributed by atoms with E-state index in [-0.39, 0.29) is 0 Å². The standard InChI is InChI=1S/C6H13NO2S/c1-3-4-5-6(2)10(7,8)9/h3,6H,1,4-5H2,2H3,(H2,7,8,9). The van der Waals surface area contributed by atoms with Gasteiger partial charge in [0, 0.05) is 0 Å². The molecule has 0 aliphatic heterocycles. The Kier molecular flexibility index (Phi) is 3.60. The summed E-state index contributed by atoms with van der Waals surface area (Å²) >= 11 is 0. The lowest BCUT2D eigenvalue weighted by Crippen LogP contribution is -2.25. The van der Waals surface area contributed by atoms with Gasteiger partial charge in [-0.1, -0.05) is 6.08 Å². The van der Waals surface area contributed by atoms with Crippen LogP contribution in [0.1, 0.15) is 19.8 Å². The molecule has 0 aromatic rings. The second kappa shape index (κ2) is 3.73. The smallest absolute Gasteiger partial charge is 0.211 e. The maximum absolute atomic E-state index is 10.6. The van der Waals surface area contributed by atoms with Crippen molar-refractivity contribution in [2.45, 2.75) is 25.0 Å². The van der Waals surface area contributed by atoms with Crippen LogP contribution in [-0.4, -0.2) is 13.7 Å². The van der Waals surface area contributed by atoms with E-state index in [1.54, 1.807) is 13.0 Å². The third-order valence-corrected chi connectivity index (χ3v) is 2.70. The van der Waals surface area contributed by atoms with E-state index < -0.39 is 15.3 Å². The molecule has 1 unspecified atom stereocenters. The summed E-state index contributed by atoms with van der Waals surface area (Å²) in [4.78, 5) is 0. The summed E-state index contributed by atoms with van der Waals surface area (Å²) in [6, 6.07) is 0. The molecule has 0 amide bonds. The number of sulfonamides is 1. The van der Waals surface area contributed by atoms with Crippen LogP contribution >= 0.6 is 0 Å². The van der Waals surface area contributed by atoms with E-state index in [4.69, 9.17) is 5.14 Å². The Balaban J connectivity index is 3.86. The van der Waals surface area contributed by atoms with E-state index in [0.29, 0.717) is 12.8 Å². The molecule has 0 bridgehead atoms. The maximum atomic E-state index is 10.6. The van der Waals surface area contributed by atoms with Gasteiger partial charge in [0.15, 0.2) is 0 Å². The molecule has 0 aliphatic carbocycles. The fourth-order valence-electron chi connectivity index (χ4n) is 0.517. The van der Waals surface area contributed by atoms with Crippen molar-refractivity contribution >= 4 is 10.0 Å². The van der Waals surface area contributed by atoms with Crippen LogP contribution in [0.4, 0.5) is 0 Å². The molecule has 0 aromatic carbocycles. The Morgan fingerprint density at radius 3 is 2.50 bits per heavy atom. The average Bonchev–Trinajstić information content (AvgIpc) is 1.80. The Hall–Kier alpha value is -0.350. The molecule has 10 heavy (non-hydrogen) atoms. The molecular formula is C6H13NO2S. The molecule has 2 N–H and O–H groups in total. The highest BCUT2D eigenvalue weighted by Crippen LogP contribution is 2.03. The van der Waals surface area contributed by atoms with Crippen molar-refractivity contribution in [3.8, 4) is 0 Å². The van der Waals surface area contributed by atoms with Crippen LogP contribution in [-0.2, 0) is 10.0 Å². The fraction of sp³-hybridized carbons (Fsp3) is 0.667. The van der Waals surface area contributed by atoms with E-state index in [0.717, 1.165) is 0 Å². The summed E-state index contributed by atoms with van der Waals surface area (Å²) in [5, 5.41) is 4.40. The minimum Gasteiger partial charge on any atom is -0.228 e. The van der Waals surface area contributed by atoms with Crippen molar-refractivity contribution in [3.05, 3.63) is 12.7 Å². The Labute approximate surface area is 62.0 Å². The van der Waals surface area contributed by atoms with Gasteiger partial charge in [-0.05, 0) is 19.8 Å². The van der Waals surface area contributed by atoms with E-state index in [1.807, 2.05) is 0 Å². The number of hydrogen-bond donors (Lipinski definition) is 1. The predicted molar refractivity (Wildman–Crippen MR) is 42.0 cm³/mol. The first-order valence-corrected chi connectivity index (χ1v) is 4.72. The zero-order valence-corrected chi connectivity index (χ0v) is 6.89. The first-order valence-electron chi connectivity index (χ1n) is 3.11. The molecule has 0 saturated heterocycles. The largest absolute Gasteiger partial charge is 0.228 e. The van der Waals surface area contributed by atoms with Crippen LogP contribution in [0, 0.1) is 0 Å². The maximum Gasteiger partial charge on any atom is 0.211 e. The summed E-state index contributed by atoms with van der Waals surface area (Å²) < 4.78 is 21.2. The summed E-state index contributed by atoms with van der Waals surface area (Å²) in [7, 11) is -3.32. The molecule has 0 radical (unpaired) electrons. The third kappa shape index (κ3) is 3.63. The molecule has 0 saturated carbocycles. The number of primary sulfonamides is 1. The summed E-state index contributed by atoms with van der Waals surface area (Å²) in [5.41, 5.74) is 0. The van der Waals surface area contributed by atoms with Crippen LogP contribution in [0.5, 0.6) is 0 Å². The zero-order chi connectivity index (χ0) is 8.20. The van der Waals surface area contributed by atoms with Gasteiger partial charge >= 0.3 is 0 Å². The topological polar surface area (TPSA) is 60.2 Å². The van der Waals surface area contributed by atoms with E-state index in [2.05, 4.69) is 6.58 Å². The average molecular weight is 163 g/mol. The zero-order valence-electron chi connectivity index (χ0n) is 6.08. The minimum absolute atomic E-state index is 0.453. The van der Waals surface area contributed by atoms with Crippen molar-refractivity contribution in [2.75, 3.05) is 0 Å². The quantitative estimate of drug-likeness (QED) is 0.618. The first kappa shape index (κ1) is 9.65. The predicted octanol–water partition coefficient (Wildman–Crippen LogP) is 0.630. The van der Waals surface area contributed by atoms with Gasteiger partial charge < -0.3 is 0 Å². The second-order valence-electron chi connectivity index (χ2n) is 2.27. The lowest BCUT2D eigenvalue weighted by atomic mass is 10.2. The normalized spacial score (nSPS) is 14.6. The van der Waals surface area contributed by atoms with Crippen LogP contribution in [0.25, 0.3) is 0 Å².